The molecule has 200 valence electrons. The number of benzene rings is 3. The third-order valence-electron chi connectivity index (χ3n) is 7.12. The molecule has 3 aromatic carbocycles. The second kappa shape index (κ2) is 12.3. The number of pyridine rings is 1. The highest BCUT2D eigenvalue weighted by atomic mass is 127. The summed E-state index contributed by atoms with van der Waals surface area (Å²) in [6, 6.07) is 20.4. The summed E-state index contributed by atoms with van der Waals surface area (Å²) in [7, 11) is 1.54. The van der Waals surface area contributed by atoms with Gasteiger partial charge in [-0.1, -0.05) is 89.1 Å². The van der Waals surface area contributed by atoms with E-state index in [1.165, 1.54) is 5.56 Å². The lowest BCUT2D eigenvalue weighted by molar-refractivity contribution is 0.122. The van der Waals surface area contributed by atoms with Gasteiger partial charge < -0.3 is 10.1 Å². The number of fused-ring (bicyclic) bond motifs is 1. The van der Waals surface area contributed by atoms with Crippen molar-refractivity contribution < 1.29 is 4.74 Å². The number of aromatic nitrogens is 1. The van der Waals surface area contributed by atoms with Crippen molar-refractivity contribution in [3.05, 3.63) is 82.0 Å². The van der Waals surface area contributed by atoms with Gasteiger partial charge >= 0.3 is 0 Å². The Morgan fingerprint density at radius 2 is 1.85 bits per heavy atom. The van der Waals surface area contributed by atoms with Crippen LogP contribution >= 0.6 is 45.8 Å². The van der Waals surface area contributed by atoms with E-state index in [2.05, 4.69) is 86.0 Å². The van der Waals surface area contributed by atoms with Gasteiger partial charge in [0, 0.05) is 43.8 Å². The number of halogens is 3. The number of anilines is 2. The fourth-order valence-electron chi connectivity index (χ4n) is 4.84. The fraction of sp³-hybridized carbons (Fsp3) is 0.267. The molecule has 1 fully saturated rings. The first-order chi connectivity index (χ1) is 18.9. The van der Waals surface area contributed by atoms with E-state index < -0.39 is 0 Å². The van der Waals surface area contributed by atoms with Gasteiger partial charge in [-0.05, 0) is 35.4 Å². The van der Waals surface area contributed by atoms with Crippen LogP contribution in [0.15, 0.2) is 60.8 Å². The zero-order valence-corrected chi connectivity index (χ0v) is 25.4. The Bertz CT molecular complexity index is 1540. The normalized spacial score (nSPS) is 16.3. The third-order valence-corrected chi connectivity index (χ3v) is 8.91. The maximum atomic E-state index is 9.77. The fourth-order valence-corrected chi connectivity index (χ4v) is 6.38. The summed E-state index contributed by atoms with van der Waals surface area (Å²) in [6.07, 6.45) is 1.58. The van der Waals surface area contributed by atoms with E-state index in [-0.39, 0.29) is 0 Å². The predicted octanol–water partition coefficient (Wildman–Crippen LogP) is 7.73. The number of hydrogen-bond acceptors (Lipinski definition) is 6. The van der Waals surface area contributed by atoms with Crippen LogP contribution < -0.4 is 10.1 Å². The van der Waals surface area contributed by atoms with Crippen molar-refractivity contribution >= 4 is 68.1 Å². The number of alkyl halides is 1. The predicted molar refractivity (Wildman–Crippen MR) is 169 cm³/mol. The number of likely N-dealkylation sites (N-methyl/N-ethyl adjacent to an activating group) is 1. The number of nitriles is 1. The minimum atomic E-state index is 0.414. The van der Waals surface area contributed by atoms with Crippen LogP contribution in [0.1, 0.15) is 18.1 Å². The molecule has 1 saturated heterocycles. The van der Waals surface area contributed by atoms with Crippen LogP contribution in [0.4, 0.5) is 11.4 Å². The molecule has 6 nitrogen and oxygen atoms in total. The lowest BCUT2D eigenvalue weighted by Crippen LogP contribution is -2.49. The lowest BCUT2D eigenvalue weighted by Gasteiger charge is -2.38. The van der Waals surface area contributed by atoms with Crippen LogP contribution in [0, 0.1) is 11.3 Å². The monoisotopic (exact) mass is 671 g/mol. The first-order valence-electron chi connectivity index (χ1n) is 12.7. The van der Waals surface area contributed by atoms with E-state index in [9.17, 15) is 5.26 Å². The molecular weight excluding hydrogens is 644 g/mol. The Morgan fingerprint density at radius 1 is 1.08 bits per heavy atom. The maximum Gasteiger partial charge on any atom is 0.139 e. The van der Waals surface area contributed by atoms with Crippen LogP contribution in [0.3, 0.4) is 0 Å². The van der Waals surface area contributed by atoms with Crippen molar-refractivity contribution in [3.63, 3.8) is 0 Å². The van der Waals surface area contributed by atoms with E-state index in [0.717, 1.165) is 54.8 Å². The number of rotatable bonds is 7. The molecule has 1 N–H and O–H groups in total. The third kappa shape index (κ3) is 6.11. The van der Waals surface area contributed by atoms with E-state index in [0.29, 0.717) is 36.8 Å². The number of nitrogens with one attached hydrogen (secondary N) is 1. The Hall–Kier alpha value is -2.61. The summed E-state index contributed by atoms with van der Waals surface area (Å²) in [4.78, 5) is 9.63. The highest BCUT2D eigenvalue weighted by molar-refractivity contribution is 14.1. The number of piperazine rings is 1. The summed E-state index contributed by atoms with van der Waals surface area (Å²) in [5.74, 6) is 0.489. The molecule has 2 heterocycles. The van der Waals surface area contributed by atoms with Gasteiger partial charge in [0.15, 0.2) is 0 Å². The van der Waals surface area contributed by atoms with Crippen LogP contribution in [0.25, 0.3) is 22.0 Å². The average molecular weight is 672 g/mol. The van der Waals surface area contributed by atoms with Gasteiger partial charge in [-0.15, -0.1) is 0 Å². The Morgan fingerprint density at radius 3 is 2.54 bits per heavy atom. The maximum absolute atomic E-state index is 9.77. The topological polar surface area (TPSA) is 64.4 Å². The van der Waals surface area contributed by atoms with Crippen LogP contribution in [-0.2, 0) is 6.54 Å². The molecule has 1 aliphatic heterocycles. The molecule has 0 radical (unpaired) electrons. The molecule has 9 heteroatoms. The van der Waals surface area contributed by atoms with E-state index in [1.807, 2.05) is 12.1 Å². The van der Waals surface area contributed by atoms with Crippen molar-refractivity contribution in [2.45, 2.75) is 17.5 Å². The van der Waals surface area contributed by atoms with Crippen molar-refractivity contribution in [2.24, 2.45) is 0 Å². The molecule has 1 unspecified atom stereocenters. The molecule has 1 aliphatic rings. The molecule has 1 atom stereocenters. The zero-order chi connectivity index (χ0) is 27.5. The minimum Gasteiger partial charge on any atom is -0.495 e. The summed E-state index contributed by atoms with van der Waals surface area (Å²) in [5, 5.41) is 14.7. The second-order valence-corrected chi connectivity index (χ2v) is 11.7. The highest BCUT2D eigenvalue weighted by Gasteiger charge is 2.23. The molecule has 39 heavy (non-hydrogen) atoms. The van der Waals surface area contributed by atoms with Gasteiger partial charge in [0.25, 0.3) is 0 Å². The van der Waals surface area contributed by atoms with Crippen molar-refractivity contribution in [3.8, 4) is 22.9 Å². The number of hydrogen-bond donors (Lipinski definition) is 1. The first-order valence-corrected chi connectivity index (χ1v) is 14.7. The van der Waals surface area contributed by atoms with E-state index >= 15 is 0 Å². The summed E-state index contributed by atoms with van der Waals surface area (Å²) < 4.78 is 5.86. The van der Waals surface area contributed by atoms with Crippen molar-refractivity contribution in [2.75, 3.05) is 38.6 Å². The van der Waals surface area contributed by atoms with Gasteiger partial charge in [-0.25, -0.2) is 0 Å². The van der Waals surface area contributed by atoms with E-state index in [4.69, 9.17) is 27.9 Å². The highest BCUT2D eigenvalue weighted by Crippen LogP contribution is 2.38. The molecule has 5 rings (SSSR count). The largest absolute Gasteiger partial charge is 0.495 e. The molecule has 4 aromatic rings. The van der Waals surface area contributed by atoms with Crippen LogP contribution in [-0.4, -0.2) is 52.1 Å². The number of nitrogens with zero attached hydrogens (tertiary/aromatic N) is 4. The van der Waals surface area contributed by atoms with Crippen molar-refractivity contribution in [1.82, 2.24) is 14.8 Å². The zero-order valence-electron chi connectivity index (χ0n) is 21.7. The molecule has 0 amide bonds. The number of ether oxygens (including phenoxy) is 1. The quantitative estimate of drug-likeness (QED) is 0.123. The number of methoxy groups -OCH3 is 1. The summed E-state index contributed by atoms with van der Waals surface area (Å²) in [5.41, 5.74) is 5.90. The van der Waals surface area contributed by atoms with Crippen molar-refractivity contribution in [1.29, 1.82) is 5.26 Å². The molecule has 0 aliphatic carbocycles. The smallest absolute Gasteiger partial charge is 0.139 e. The van der Waals surface area contributed by atoms with Gasteiger partial charge in [0.2, 0.25) is 0 Å². The summed E-state index contributed by atoms with van der Waals surface area (Å²) in [6.45, 7) is 7.62. The van der Waals surface area contributed by atoms with Gasteiger partial charge in [0.05, 0.1) is 43.7 Å². The van der Waals surface area contributed by atoms with Gasteiger partial charge in [0.1, 0.15) is 11.8 Å². The second-order valence-electron chi connectivity index (χ2n) is 9.48. The van der Waals surface area contributed by atoms with Crippen LogP contribution in [0.2, 0.25) is 10.0 Å². The Kier molecular flexibility index (Phi) is 8.79. The molecular formula is C30H28Cl2IN5O. The van der Waals surface area contributed by atoms with E-state index in [1.54, 1.807) is 25.4 Å². The molecule has 0 bridgehead atoms. The molecule has 0 saturated carbocycles. The Balaban J connectivity index is 1.40. The SMILES string of the molecule is CCN1CCN(Cc2ccc(-c3ccc4c(Nc5cc(OC)c(Cl)cc5Cl)c(C#N)cnc4c3)cc2)C(I)C1. The molecule has 0 spiro atoms. The van der Waals surface area contributed by atoms with Gasteiger partial charge in [-0.2, -0.15) is 5.26 Å². The minimum absolute atomic E-state index is 0.414. The van der Waals surface area contributed by atoms with Crippen LogP contribution in [0.5, 0.6) is 5.75 Å². The molecule has 1 aromatic heterocycles. The summed E-state index contributed by atoms with van der Waals surface area (Å²) >= 11 is 15.2. The standard InChI is InChI=1S/C30H28Cl2IN5O/c1-3-37-10-11-38(29(33)18-37)17-19-4-6-20(7-5-19)21-8-9-23-26(12-21)35-16-22(15-34)30(23)36-27-14-28(39-2)25(32)13-24(27)31/h4-9,12-14,16,29H,3,10-11,17-18H2,1-2H3,(H,35,36). The van der Waals surface area contributed by atoms with Gasteiger partial charge in [-0.3, -0.25) is 14.8 Å². The average Bonchev–Trinajstić information content (AvgIpc) is 2.95. The first kappa shape index (κ1) is 27.9. The Labute approximate surface area is 252 Å². The lowest BCUT2D eigenvalue weighted by atomic mass is 10.0.